The van der Waals surface area contributed by atoms with E-state index in [2.05, 4.69) is 20.8 Å². The fourth-order valence-corrected chi connectivity index (χ4v) is 4.56. The predicted octanol–water partition coefficient (Wildman–Crippen LogP) is 4.37. The monoisotopic (exact) mass is 458 g/mol. The van der Waals surface area contributed by atoms with Crippen molar-refractivity contribution in [2.75, 3.05) is 17.3 Å². The van der Waals surface area contributed by atoms with Crippen molar-refractivity contribution in [3.05, 3.63) is 69.7 Å². The van der Waals surface area contributed by atoms with Crippen molar-refractivity contribution < 1.29 is 9.59 Å². The minimum absolute atomic E-state index is 0.0315. The zero-order valence-electron chi connectivity index (χ0n) is 16.7. The molecule has 0 unspecified atom stereocenters. The Balaban J connectivity index is 1.41. The van der Waals surface area contributed by atoms with E-state index >= 15 is 0 Å². The predicted molar refractivity (Wildman–Crippen MR) is 125 cm³/mol. The lowest BCUT2D eigenvalue weighted by Gasteiger charge is -2.05. The van der Waals surface area contributed by atoms with Gasteiger partial charge in [-0.2, -0.15) is 0 Å². The summed E-state index contributed by atoms with van der Waals surface area (Å²) in [6.45, 7) is 2.44. The van der Waals surface area contributed by atoms with Gasteiger partial charge in [-0.05, 0) is 42.5 Å². The third-order valence-electron chi connectivity index (χ3n) is 4.16. The standard InChI is InChI=1S/C21H22N4O2S3/c1-14-5-3-4-6-17(14)23-20(27)21-25-24-19(30-21)13-29-12-18(26)22-11-15-7-9-16(28-2)10-8-15/h3-10H,11-13H2,1-2H3,(H,22,26)(H,23,27). The molecule has 0 saturated carbocycles. The smallest absolute Gasteiger partial charge is 0.286 e. The first-order valence-corrected chi connectivity index (χ1v) is 12.4. The van der Waals surface area contributed by atoms with Gasteiger partial charge >= 0.3 is 0 Å². The van der Waals surface area contributed by atoms with Crippen LogP contribution in [0.2, 0.25) is 0 Å². The Hall–Kier alpha value is -2.36. The van der Waals surface area contributed by atoms with Crippen LogP contribution in [0.1, 0.15) is 25.9 Å². The fraction of sp³-hybridized carbons (Fsp3) is 0.238. The van der Waals surface area contributed by atoms with Crippen LogP contribution in [0.25, 0.3) is 0 Å². The number of nitrogens with zero attached hydrogens (tertiary/aromatic N) is 2. The molecule has 0 saturated heterocycles. The molecule has 0 atom stereocenters. The average molecular weight is 459 g/mol. The van der Waals surface area contributed by atoms with Crippen LogP contribution in [-0.2, 0) is 17.1 Å². The summed E-state index contributed by atoms with van der Waals surface area (Å²) in [6, 6.07) is 15.7. The van der Waals surface area contributed by atoms with Gasteiger partial charge in [-0.25, -0.2) is 0 Å². The number of hydrogen-bond acceptors (Lipinski definition) is 7. The lowest BCUT2D eigenvalue weighted by atomic mass is 10.2. The lowest BCUT2D eigenvalue weighted by Crippen LogP contribution is -2.24. The van der Waals surface area contributed by atoms with E-state index in [1.807, 2.05) is 61.7 Å². The van der Waals surface area contributed by atoms with Crippen LogP contribution in [0.3, 0.4) is 0 Å². The van der Waals surface area contributed by atoms with Crippen LogP contribution >= 0.6 is 34.9 Å². The van der Waals surface area contributed by atoms with Gasteiger partial charge in [-0.15, -0.1) is 33.7 Å². The van der Waals surface area contributed by atoms with E-state index in [0.29, 0.717) is 23.1 Å². The number of nitrogens with one attached hydrogen (secondary N) is 2. The Kier molecular flexibility index (Phi) is 8.30. The Morgan fingerprint density at radius 2 is 1.83 bits per heavy atom. The summed E-state index contributed by atoms with van der Waals surface area (Å²) in [5, 5.41) is 14.8. The van der Waals surface area contributed by atoms with Gasteiger partial charge < -0.3 is 10.6 Å². The molecule has 3 aromatic rings. The van der Waals surface area contributed by atoms with Gasteiger partial charge in [0.2, 0.25) is 10.9 Å². The largest absolute Gasteiger partial charge is 0.351 e. The topological polar surface area (TPSA) is 84.0 Å². The van der Waals surface area contributed by atoms with E-state index in [1.54, 1.807) is 11.8 Å². The molecular weight excluding hydrogens is 436 g/mol. The minimum Gasteiger partial charge on any atom is -0.351 e. The molecular formula is C21H22N4O2S3. The third kappa shape index (κ3) is 6.58. The summed E-state index contributed by atoms with van der Waals surface area (Å²) in [6.07, 6.45) is 2.03. The molecule has 2 amide bonds. The molecule has 0 aliphatic rings. The van der Waals surface area contributed by atoms with Crippen molar-refractivity contribution in [1.29, 1.82) is 0 Å². The Bertz CT molecular complexity index is 1010. The van der Waals surface area contributed by atoms with Crippen molar-refractivity contribution >= 4 is 52.4 Å². The van der Waals surface area contributed by atoms with Gasteiger partial charge in [0.15, 0.2) is 0 Å². The maximum Gasteiger partial charge on any atom is 0.286 e. The van der Waals surface area contributed by atoms with Crippen molar-refractivity contribution in [2.45, 2.75) is 24.1 Å². The number of benzene rings is 2. The Labute approximate surface area is 188 Å². The number of para-hydroxylation sites is 1. The molecule has 3 rings (SSSR count). The number of thioether (sulfide) groups is 2. The number of carbonyl (C=O) groups is 2. The molecule has 30 heavy (non-hydrogen) atoms. The molecule has 0 bridgehead atoms. The molecule has 156 valence electrons. The molecule has 0 aliphatic carbocycles. The number of rotatable bonds is 9. The highest BCUT2D eigenvalue weighted by Gasteiger charge is 2.14. The normalized spacial score (nSPS) is 10.6. The number of carbonyl (C=O) groups excluding carboxylic acids is 2. The van der Waals surface area contributed by atoms with E-state index in [0.717, 1.165) is 21.8 Å². The summed E-state index contributed by atoms with van der Waals surface area (Å²) >= 11 is 4.38. The van der Waals surface area contributed by atoms with Crippen molar-refractivity contribution in [2.24, 2.45) is 0 Å². The van der Waals surface area contributed by atoms with Gasteiger partial charge in [0, 0.05) is 22.9 Å². The zero-order valence-corrected chi connectivity index (χ0v) is 19.1. The summed E-state index contributed by atoms with van der Waals surface area (Å²) in [4.78, 5) is 25.6. The van der Waals surface area contributed by atoms with Crippen LogP contribution in [0, 0.1) is 6.92 Å². The van der Waals surface area contributed by atoms with E-state index in [4.69, 9.17) is 0 Å². The molecule has 0 fully saturated rings. The highest BCUT2D eigenvalue weighted by molar-refractivity contribution is 7.99. The molecule has 6 nitrogen and oxygen atoms in total. The van der Waals surface area contributed by atoms with Crippen LogP contribution in [0.5, 0.6) is 0 Å². The number of aromatic nitrogens is 2. The SMILES string of the molecule is CSc1ccc(CNC(=O)CSCc2nnc(C(=O)Nc3ccccc3C)s2)cc1. The lowest BCUT2D eigenvalue weighted by molar-refractivity contribution is -0.118. The second-order valence-corrected chi connectivity index (χ2v) is 9.31. The van der Waals surface area contributed by atoms with E-state index in [9.17, 15) is 9.59 Å². The Morgan fingerprint density at radius 1 is 1.07 bits per heavy atom. The molecule has 2 N–H and O–H groups in total. The van der Waals surface area contributed by atoms with Gasteiger partial charge in [-0.1, -0.05) is 41.7 Å². The first-order valence-electron chi connectivity index (χ1n) is 9.22. The summed E-state index contributed by atoms with van der Waals surface area (Å²) in [5.41, 5.74) is 2.81. The highest BCUT2D eigenvalue weighted by Crippen LogP contribution is 2.19. The van der Waals surface area contributed by atoms with Gasteiger partial charge in [0.05, 0.1) is 5.75 Å². The third-order valence-corrected chi connectivity index (χ3v) is 6.95. The second-order valence-electron chi connectivity index (χ2n) is 6.39. The van der Waals surface area contributed by atoms with Gasteiger partial charge in [0.25, 0.3) is 5.91 Å². The van der Waals surface area contributed by atoms with Crippen molar-refractivity contribution in [1.82, 2.24) is 15.5 Å². The van der Waals surface area contributed by atoms with Gasteiger partial charge in [0.1, 0.15) is 5.01 Å². The summed E-state index contributed by atoms with van der Waals surface area (Å²) in [7, 11) is 0. The first-order chi connectivity index (χ1) is 14.5. The average Bonchev–Trinajstić information content (AvgIpc) is 3.23. The maximum absolute atomic E-state index is 12.3. The van der Waals surface area contributed by atoms with Crippen molar-refractivity contribution in [3.63, 3.8) is 0 Å². The van der Waals surface area contributed by atoms with Crippen molar-refractivity contribution in [3.8, 4) is 0 Å². The molecule has 0 spiro atoms. The van der Waals surface area contributed by atoms with Crippen LogP contribution in [-0.4, -0.2) is 34.0 Å². The van der Waals surface area contributed by atoms with Crippen LogP contribution < -0.4 is 10.6 Å². The van der Waals surface area contributed by atoms with E-state index in [-0.39, 0.29) is 11.8 Å². The number of aryl methyl sites for hydroxylation is 1. The summed E-state index contributed by atoms with van der Waals surface area (Å²) < 4.78 is 0. The Morgan fingerprint density at radius 3 is 2.57 bits per heavy atom. The van der Waals surface area contributed by atoms with Crippen LogP contribution in [0.15, 0.2) is 53.4 Å². The summed E-state index contributed by atoms with van der Waals surface area (Å²) in [5.74, 6) is 0.553. The van der Waals surface area contributed by atoms with E-state index in [1.165, 1.54) is 28.0 Å². The molecule has 0 radical (unpaired) electrons. The zero-order chi connectivity index (χ0) is 21.3. The highest BCUT2D eigenvalue weighted by atomic mass is 32.2. The molecule has 1 heterocycles. The molecule has 0 aliphatic heterocycles. The number of anilines is 1. The molecule has 1 aromatic heterocycles. The van der Waals surface area contributed by atoms with E-state index < -0.39 is 0 Å². The number of hydrogen-bond donors (Lipinski definition) is 2. The second kappa shape index (κ2) is 11.1. The number of amides is 2. The van der Waals surface area contributed by atoms with Gasteiger partial charge in [-0.3, -0.25) is 9.59 Å². The fourth-order valence-electron chi connectivity index (χ4n) is 2.52. The first kappa shape index (κ1) is 22.3. The quantitative estimate of drug-likeness (QED) is 0.463. The molecule has 2 aromatic carbocycles. The minimum atomic E-state index is -0.275. The molecule has 9 heteroatoms. The van der Waals surface area contributed by atoms with Crippen LogP contribution in [0.4, 0.5) is 5.69 Å². The maximum atomic E-state index is 12.3.